The molecule has 1 saturated carbocycles. The average molecular weight is 242 g/mol. The minimum atomic E-state index is 0.605. The van der Waals surface area contributed by atoms with Gasteiger partial charge in [0.15, 0.2) is 5.11 Å². The third-order valence-corrected chi connectivity index (χ3v) is 3.78. The highest BCUT2D eigenvalue weighted by atomic mass is 32.1. The van der Waals surface area contributed by atoms with Crippen LogP contribution in [0.5, 0.6) is 0 Å². The van der Waals surface area contributed by atoms with Gasteiger partial charge in [-0.05, 0) is 31.5 Å². The molecule has 0 spiro atoms. The van der Waals surface area contributed by atoms with E-state index in [0.29, 0.717) is 12.0 Å². The van der Waals surface area contributed by atoms with Crippen LogP contribution in [0.3, 0.4) is 0 Å². The molecule has 4 heteroatoms. The Morgan fingerprint density at radius 1 is 1.19 bits per heavy atom. The van der Waals surface area contributed by atoms with Gasteiger partial charge in [-0.25, -0.2) is 0 Å². The number of rotatable bonds is 3. The number of hydrogen-bond donors (Lipinski definition) is 2. The molecule has 2 fully saturated rings. The first-order chi connectivity index (χ1) is 7.84. The molecule has 0 amide bonds. The molecule has 0 radical (unpaired) electrons. The molecule has 1 heterocycles. The van der Waals surface area contributed by atoms with E-state index in [-0.39, 0.29) is 0 Å². The summed E-state index contributed by atoms with van der Waals surface area (Å²) in [5.74, 6) is 0.645. The third kappa shape index (κ3) is 3.91. The molecule has 2 aliphatic rings. The third-order valence-electron chi connectivity index (χ3n) is 3.52. The predicted octanol–water partition coefficient (Wildman–Crippen LogP) is 1.82. The first kappa shape index (κ1) is 12.1. The maximum Gasteiger partial charge on any atom is 0.166 e. The van der Waals surface area contributed by atoms with Crippen molar-refractivity contribution in [1.82, 2.24) is 10.6 Å². The van der Waals surface area contributed by atoms with Crippen molar-refractivity contribution in [1.29, 1.82) is 0 Å². The Labute approximate surface area is 103 Å². The smallest absolute Gasteiger partial charge is 0.166 e. The lowest BCUT2D eigenvalue weighted by Gasteiger charge is -2.24. The lowest BCUT2D eigenvalue weighted by atomic mass is 9.96. The van der Waals surface area contributed by atoms with E-state index in [0.717, 1.165) is 24.9 Å². The summed E-state index contributed by atoms with van der Waals surface area (Å²) in [6, 6.07) is 0.605. The molecule has 1 unspecified atom stereocenters. The van der Waals surface area contributed by atoms with E-state index >= 15 is 0 Å². The monoisotopic (exact) mass is 242 g/mol. The van der Waals surface area contributed by atoms with Gasteiger partial charge in [0.1, 0.15) is 0 Å². The maximum atomic E-state index is 5.34. The van der Waals surface area contributed by atoms with E-state index in [2.05, 4.69) is 10.6 Å². The van der Waals surface area contributed by atoms with Gasteiger partial charge in [-0.1, -0.05) is 19.3 Å². The van der Waals surface area contributed by atoms with Crippen LogP contribution in [-0.4, -0.2) is 30.9 Å². The SMILES string of the molecule is S=C(NCC1CCOC1)NC1CCCCC1. The van der Waals surface area contributed by atoms with Crippen LogP contribution in [0.25, 0.3) is 0 Å². The minimum Gasteiger partial charge on any atom is -0.381 e. The van der Waals surface area contributed by atoms with Gasteiger partial charge in [0, 0.05) is 25.1 Å². The Morgan fingerprint density at radius 2 is 2.00 bits per heavy atom. The van der Waals surface area contributed by atoms with Crippen LogP contribution in [0, 0.1) is 5.92 Å². The summed E-state index contributed by atoms with van der Waals surface area (Å²) in [4.78, 5) is 0. The van der Waals surface area contributed by atoms with Crippen molar-refractivity contribution < 1.29 is 4.74 Å². The predicted molar refractivity (Wildman–Crippen MR) is 69.5 cm³/mol. The van der Waals surface area contributed by atoms with E-state index in [1.165, 1.54) is 38.5 Å². The Kier molecular flexibility index (Phi) is 4.85. The van der Waals surface area contributed by atoms with E-state index in [4.69, 9.17) is 17.0 Å². The molecular weight excluding hydrogens is 220 g/mol. The van der Waals surface area contributed by atoms with E-state index in [1.807, 2.05) is 0 Å². The zero-order valence-electron chi connectivity index (χ0n) is 9.84. The van der Waals surface area contributed by atoms with Gasteiger partial charge in [-0.2, -0.15) is 0 Å². The standard InChI is InChI=1S/C12H22N2OS/c16-12(13-8-10-6-7-15-9-10)14-11-4-2-1-3-5-11/h10-11H,1-9H2,(H2,13,14,16). The fourth-order valence-corrected chi connectivity index (χ4v) is 2.71. The Bertz CT molecular complexity index is 223. The first-order valence-electron chi connectivity index (χ1n) is 6.46. The van der Waals surface area contributed by atoms with Crippen molar-refractivity contribution in [3.63, 3.8) is 0 Å². The molecule has 0 bridgehead atoms. The largest absolute Gasteiger partial charge is 0.381 e. The van der Waals surface area contributed by atoms with Crippen LogP contribution >= 0.6 is 12.2 Å². The van der Waals surface area contributed by atoms with Crippen LogP contribution in [0.15, 0.2) is 0 Å². The summed E-state index contributed by atoms with van der Waals surface area (Å²) in [5.41, 5.74) is 0. The minimum absolute atomic E-state index is 0.605. The lowest BCUT2D eigenvalue weighted by Crippen LogP contribution is -2.44. The van der Waals surface area contributed by atoms with Crippen molar-refractivity contribution in [3.05, 3.63) is 0 Å². The normalized spacial score (nSPS) is 26.6. The lowest BCUT2D eigenvalue weighted by molar-refractivity contribution is 0.186. The summed E-state index contributed by atoms with van der Waals surface area (Å²) in [6.07, 6.45) is 7.78. The Hall–Kier alpha value is -0.350. The molecule has 1 atom stereocenters. The molecule has 1 saturated heterocycles. The van der Waals surface area contributed by atoms with Crippen LogP contribution < -0.4 is 10.6 Å². The van der Waals surface area contributed by atoms with Gasteiger partial charge >= 0.3 is 0 Å². The highest BCUT2D eigenvalue weighted by molar-refractivity contribution is 7.80. The maximum absolute atomic E-state index is 5.34. The van der Waals surface area contributed by atoms with Crippen LogP contribution in [0.4, 0.5) is 0 Å². The zero-order chi connectivity index (χ0) is 11.2. The Morgan fingerprint density at radius 3 is 2.69 bits per heavy atom. The molecular formula is C12H22N2OS. The molecule has 1 aliphatic carbocycles. The summed E-state index contributed by atoms with van der Waals surface area (Å²) >= 11 is 5.31. The molecule has 1 aliphatic heterocycles. The van der Waals surface area contributed by atoms with Crippen molar-refractivity contribution in [2.24, 2.45) is 5.92 Å². The van der Waals surface area contributed by atoms with Crippen LogP contribution in [-0.2, 0) is 4.74 Å². The van der Waals surface area contributed by atoms with Gasteiger partial charge in [0.25, 0.3) is 0 Å². The van der Waals surface area contributed by atoms with E-state index < -0.39 is 0 Å². The van der Waals surface area contributed by atoms with Crippen molar-refractivity contribution in [3.8, 4) is 0 Å². The highest BCUT2D eigenvalue weighted by Crippen LogP contribution is 2.17. The number of hydrogen-bond acceptors (Lipinski definition) is 2. The Balaban J connectivity index is 1.59. The summed E-state index contributed by atoms with van der Waals surface area (Å²) in [6.45, 7) is 2.76. The van der Waals surface area contributed by atoms with Gasteiger partial charge in [0.05, 0.1) is 6.61 Å². The molecule has 16 heavy (non-hydrogen) atoms. The summed E-state index contributed by atoms with van der Waals surface area (Å²) < 4.78 is 5.34. The van der Waals surface area contributed by atoms with Gasteiger partial charge < -0.3 is 15.4 Å². The van der Waals surface area contributed by atoms with Crippen molar-refractivity contribution in [2.75, 3.05) is 19.8 Å². The quantitative estimate of drug-likeness (QED) is 0.740. The average Bonchev–Trinajstić information content (AvgIpc) is 2.81. The second kappa shape index (κ2) is 6.40. The van der Waals surface area contributed by atoms with Gasteiger partial charge in [0.2, 0.25) is 0 Å². The molecule has 2 N–H and O–H groups in total. The molecule has 3 nitrogen and oxygen atoms in total. The fraction of sp³-hybridized carbons (Fsp3) is 0.917. The second-order valence-electron chi connectivity index (χ2n) is 4.92. The molecule has 0 aromatic rings. The van der Waals surface area contributed by atoms with Crippen molar-refractivity contribution in [2.45, 2.75) is 44.6 Å². The number of ether oxygens (including phenoxy) is 1. The summed E-state index contributed by atoms with van der Waals surface area (Å²) in [5, 5.41) is 7.57. The van der Waals surface area contributed by atoms with Gasteiger partial charge in [-0.3, -0.25) is 0 Å². The van der Waals surface area contributed by atoms with Gasteiger partial charge in [-0.15, -0.1) is 0 Å². The topological polar surface area (TPSA) is 33.3 Å². The molecule has 92 valence electrons. The van der Waals surface area contributed by atoms with Crippen molar-refractivity contribution >= 4 is 17.3 Å². The van der Waals surface area contributed by atoms with Crippen LogP contribution in [0.2, 0.25) is 0 Å². The molecule has 2 rings (SSSR count). The molecule has 0 aromatic heterocycles. The second-order valence-corrected chi connectivity index (χ2v) is 5.33. The number of thiocarbonyl (C=S) groups is 1. The first-order valence-corrected chi connectivity index (χ1v) is 6.87. The number of nitrogens with one attached hydrogen (secondary N) is 2. The highest BCUT2D eigenvalue weighted by Gasteiger charge is 2.17. The van der Waals surface area contributed by atoms with Crippen LogP contribution in [0.1, 0.15) is 38.5 Å². The summed E-state index contributed by atoms with van der Waals surface area (Å²) in [7, 11) is 0. The fourth-order valence-electron chi connectivity index (χ4n) is 2.46. The molecule has 0 aromatic carbocycles. The zero-order valence-corrected chi connectivity index (χ0v) is 10.7. The van der Waals surface area contributed by atoms with E-state index in [9.17, 15) is 0 Å². The van der Waals surface area contributed by atoms with E-state index in [1.54, 1.807) is 0 Å².